The van der Waals surface area contributed by atoms with Crippen molar-refractivity contribution in [2.75, 3.05) is 53.0 Å². The predicted molar refractivity (Wildman–Crippen MR) is 117 cm³/mol. The zero-order valence-corrected chi connectivity index (χ0v) is 18.8. The molecule has 0 aromatic heterocycles. The molecule has 0 bridgehead atoms. The van der Waals surface area contributed by atoms with E-state index in [9.17, 15) is 8.42 Å². The molecule has 8 nitrogen and oxygen atoms in total. The number of morpholine rings is 1. The summed E-state index contributed by atoms with van der Waals surface area (Å²) in [4.78, 5) is 7.28. The molecule has 1 aliphatic heterocycles. The molecule has 0 atom stereocenters. The van der Waals surface area contributed by atoms with Crippen molar-refractivity contribution in [1.82, 2.24) is 19.8 Å². The summed E-state index contributed by atoms with van der Waals surface area (Å²) in [5.41, 5.74) is 0.960. The van der Waals surface area contributed by atoms with Crippen LogP contribution in [0, 0.1) is 0 Å². The number of hydrogen-bond acceptors (Lipinski definition) is 5. The number of guanidine groups is 1. The average Bonchev–Trinajstić information content (AvgIpc) is 2.72. The molecule has 2 N–H and O–H groups in total. The summed E-state index contributed by atoms with van der Waals surface area (Å²) in [6.07, 6.45) is 0. The van der Waals surface area contributed by atoms with E-state index in [-0.39, 0.29) is 6.04 Å². The lowest BCUT2D eigenvalue weighted by Crippen LogP contribution is -2.44. The topological polar surface area (TPSA) is 86.3 Å². The maximum absolute atomic E-state index is 12.6. The van der Waals surface area contributed by atoms with Crippen molar-refractivity contribution >= 4 is 16.0 Å². The Kier molecular flexibility index (Phi) is 9.35. The second kappa shape index (κ2) is 11.5. The van der Waals surface area contributed by atoms with Crippen LogP contribution >= 0.6 is 0 Å². The van der Waals surface area contributed by atoms with Crippen molar-refractivity contribution in [2.24, 2.45) is 4.99 Å². The highest BCUT2D eigenvalue weighted by molar-refractivity contribution is 7.89. The van der Waals surface area contributed by atoms with E-state index in [0.717, 1.165) is 57.5 Å². The molecule has 1 aromatic carbocycles. The van der Waals surface area contributed by atoms with E-state index in [1.54, 1.807) is 19.2 Å². The largest absolute Gasteiger partial charge is 0.379 e. The van der Waals surface area contributed by atoms with Gasteiger partial charge in [-0.2, -0.15) is 4.31 Å². The summed E-state index contributed by atoms with van der Waals surface area (Å²) in [6.45, 7) is 12.3. The van der Waals surface area contributed by atoms with E-state index in [0.29, 0.717) is 11.4 Å². The Morgan fingerprint density at radius 1 is 1.21 bits per heavy atom. The van der Waals surface area contributed by atoms with Crippen LogP contribution in [-0.2, 0) is 21.3 Å². The van der Waals surface area contributed by atoms with Crippen molar-refractivity contribution < 1.29 is 13.2 Å². The minimum Gasteiger partial charge on any atom is -0.379 e. The molecule has 29 heavy (non-hydrogen) atoms. The van der Waals surface area contributed by atoms with E-state index in [2.05, 4.69) is 20.5 Å². The lowest BCUT2D eigenvalue weighted by molar-refractivity contribution is 0.0389. The van der Waals surface area contributed by atoms with Crippen LogP contribution in [-0.4, -0.2) is 82.6 Å². The van der Waals surface area contributed by atoms with E-state index < -0.39 is 10.0 Å². The van der Waals surface area contributed by atoms with E-state index in [4.69, 9.17) is 4.74 Å². The van der Waals surface area contributed by atoms with Crippen LogP contribution in [0.15, 0.2) is 34.2 Å². The van der Waals surface area contributed by atoms with Gasteiger partial charge in [-0.15, -0.1) is 0 Å². The Morgan fingerprint density at radius 3 is 2.45 bits per heavy atom. The van der Waals surface area contributed by atoms with Crippen molar-refractivity contribution in [3.63, 3.8) is 0 Å². The van der Waals surface area contributed by atoms with Gasteiger partial charge in [-0.25, -0.2) is 13.4 Å². The molecule has 0 amide bonds. The highest BCUT2D eigenvalue weighted by Crippen LogP contribution is 2.17. The maximum atomic E-state index is 12.6. The first-order valence-corrected chi connectivity index (χ1v) is 11.7. The number of nitrogens with one attached hydrogen (secondary N) is 2. The van der Waals surface area contributed by atoms with Gasteiger partial charge in [0.2, 0.25) is 10.0 Å². The zero-order chi connectivity index (χ0) is 21.3. The van der Waals surface area contributed by atoms with Gasteiger partial charge in [0.1, 0.15) is 0 Å². The van der Waals surface area contributed by atoms with Gasteiger partial charge < -0.3 is 15.4 Å². The Bertz CT molecular complexity index is 744. The van der Waals surface area contributed by atoms with Crippen molar-refractivity contribution in [1.29, 1.82) is 0 Å². The monoisotopic (exact) mass is 425 g/mol. The highest BCUT2D eigenvalue weighted by atomic mass is 32.2. The maximum Gasteiger partial charge on any atom is 0.243 e. The quantitative estimate of drug-likeness (QED) is 0.455. The van der Waals surface area contributed by atoms with Gasteiger partial charge in [0, 0.05) is 45.8 Å². The lowest BCUT2D eigenvalue weighted by Gasteiger charge is -2.26. The number of benzene rings is 1. The normalized spacial score (nSPS) is 16.4. The average molecular weight is 426 g/mol. The van der Waals surface area contributed by atoms with Crippen LogP contribution in [0.1, 0.15) is 26.3 Å². The highest BCUT2D eigenvalue weighted by Gasteiger charge is 2.22. The molecule has 0 radical (unpaired) electrons. The van der Waals surface area contributed by atoms with Crippen molar-refractivity contribution in [2.45, 2.75) is 38.3 Å². The number of aliphatic imine (C=N–C) groups is 1. The van der Waals surface area contributed by atoms with Crippen LogP contribution in [0.25, 0.3) is 0 Å². The molecule has 1 saturated heterocycles. The molecule has 1 fully saturated rings. The van der Waals surface area contributed by atoms with Gasteiger partial charge in [-0.1, -0.05) is 12.1 Å². The van der Waals surface area contributed by atoms with Crippen LogP contribution in [0.4, 0.5) is 0 Å². The summed E-state index contributed by atoms with van der Waals surface area (Å²) in [5, 5.41) is 6.60. The number of sulfonamides is 1. The van der Waals surface area contributed by atoms with Gasteiger partial charge >= 0.3 is 0 Å². The third kappa shape index (κ3) is 7.26. The molecule has 0 spiro atoms. The van der Waals surface area contributed by atoms with E-state index in [1.165, 1.54) is 4.31 Å². The Morgan fingerprint density at radius 2 is 1.86 bits per heavy atom. The van der Waals surface area contributed by atoms with E-state index >= 15 is 0 Å². The standard InChI is InChI=1S/C20H35N5O3S/c1-5-21-20(22-10-11-25-12-14-28-15-13-25)23-16-18-6-8-19(9-7-18)29(26,27)24(4)17(2)3/h6-9,17H,5,10-16H2,1-4H3,(H2,21,22,23). The fourth-order valence-corrected chi connectivity index (χ4v) is 4.25. The molecular formula is C20H35N5O3S. The third-order valence-corrected chi connectivity index (χ3v) is 6.96. The van der Waals surface area contributed by atoms with Crippen LogP contribution in [0.3, 0.4) is 0 Å². The molecular weight excluding hydrogens is 390 g/mol. The summed E-state index contributed by atoms with van der Waals surface area (Å²) in [7, 11) is -1.86. The molecule has 0 saturated carbocycles. The minimum atomic E-state index is -3.46. The van der Waals surface area contributed by atoms with Gasteiger partial charge in [0.25, 0.3) is 0 Å². The number of nitrogens with zero attached hydrogens (tertiary/aromatic N) is 3. The van der Waals surface area contributed by atoms with Gasteiger partial charge in [-0.05, 0) is 38.5 Å². The lowest BCUT2D eigenvalue weighted by atomic mass is 10.2. The molecule has 0 unspecified atom stereocenters. The number of rotatable bonds is 9. The minimum absolute atomic E-state index is 0.0875. The smallest absolute Gasteiger partial charge is 0.243 e. The SMILES string of the molecule is CCNC(=NCc1ccc(S(=O)(=O)N(C)C(C)C)cc1)NCCN1CCOCC1. The summed E-state index contributed by atoms with van der Waals surface area (Å²) >= 11 is 0. The second-order valence-electron chi connectivity index (χ2n) is 7.33. The molecule has 9 heteroatoms. The van der Waals surface area contributed by atoms with Gasteiger partial charge in [-0.3, -0.25) is 4.90 Å². The number of hydrogen-bond donors (Lipinski definition) is 2. The first kappa shape index (κ1) is 23.6. The third-order valence-electron chi connectivity index (χ3n) is 4.92. The van der Waals surface area contributed by atoms with Crippen molar-refractivity contribution in [3.8, 4) is 0 Å². The summed E-state index contributed by atoms with van der Waals surface area (Å²) in [6, 6.07) is 6.86. The van der Waals surface area contributed by atoms with Crippen LogP contribution in [0.2, 0.25) is 0 Å². The Labute approximate surface area is 175 Å². The molecule has 164 valence electrons. The molecule has 1 aliphatic rings. The van der Waals surface area contributed by atoms with Gasteiger partial charge in [0.15, 0.2) is 5.96 Å². The zero-order valence-electron chi connectivity index (χ0n) is 18.0. The summed E-state index contributed by atoms with van der Waals surface area (Å²) < 4.78 is 31.8. The predicted octanol–water partition coefficient (Wildman–Crippen LogP) is 1.10. The van der Waals surface area contributed by atoms with Gasteiger partial charge in [0.05, 0.1) is 24.7 Å². The Balaban J connectivity index is 1.92. The van der Waals surface area contributed by atoms with Crippen LogP contribution < -0.4 is 10.6 Å². The first-order chi connectivity index (χ1) is 13.8. The summed E-state index contributed by atoms with van der Waals surface area (Å²) in [5.74, 6) is 0.761. The first-order valence-electron chi connectivity index (χ1n) is 10.2. The van der Waals surface area contributed by atoms with E-state index in [1.807, 2.05) is 32.9 Å². The Hall–Kier alpha value is -1.68. The number of ether oxygens (including phenoxy) is 1. The molecule has 2 rings (SSSR count). The van der Waals surface area contributed by atoms with Crippen LogP contribution in [0.5, 0.6) is 0 Å². The fourth-order valence-electron chi connectivity index (χ4n) is 2.88. The van der Waals surface area contributed by atoms with Crippen molar-refractivity contribution in [3.05, 3.63) is 29.8 Å². The molecule has 1 aromatic rings. The second-order valence-corrected chi connectivity index (χ2v) is 9.33. The fraction of sp³-hybridized carbons (Fsp3) is 0.650. The molecule has 0 aliphatic carbocycles. The molecule has 1 heterocycles.